The van der Waals surface area contributed by atoms with E-state index in [0.29, 0.717) is 22.5 Å². The smallest absolute Gasteiger partial charge is 0.133 e. The lowest BCUT2D eigenvalue weighted by Crippen LogP contribution is -2.49. The molecule has 4 aliphatic carbocycles. The third kappa shape index (κ3) is 3.57. The highest BCUT2D eigenvalue weighted by atomic mass is 16.1. The standard InChI is InChI=1S/C28H46O/c1-18(2)19(3)7-8-20(4)24-11-12-25-23-10-9-21-17-22(29)13-15-27(21,5)26(23)14-16-28(24,25)6/h10,18-21,24-26H,7-9,11-17H2,1-6H3/t19-,20+,21-,24-,25+,26-,27-,28+/m0/s1. The van der Waals surface area contributed by atoms with Gasteiger partial charge in [0.05, 0.1) is 0 Å². The zero-order chi connectivity index (χ0) is 21.0. The Morgan fingerprint density at radius 3 is 2.41 bits per heavy atom. The number of fused-ring (bicyclic) bond motifs is 5. The van der Waals surface area contributed by atoms with Crippen LogP contribution in [-0.2, 0) is 4.79 Å². The average Bonchev–Trinajstić information content (AvgIpc) is 3.03. The van der Waals surface area contributed by atoms with Gasteiger partial charge in [-0.05, 0) is 90.8 Å². The molecule has 164 valence electrons. The summed E-state index contributed by atoms with van der Waals surface area (Å²) in [6.07, 6.45) is 15.1. The Bertz CT molecular complexity index is 659. The van der Waals surface area contributed by atoms with E-state index in [9.17, 15) is 4.79 Å². The number of allylic oxidation sites excluding steroid dienone is 2. The molecule has 0 N–H and O–H groups in total. The summed E-state index contributed by atoms with van der Waals surface area (Å²) in [6.45, 7) is 15.0. The van der Waals surface area contributed by atoms with Crippen LogP contribution in [0.3, 0.4) is 0 Å². The van der Waals surface area contributed by atoms with Gasteiger partial charge in [-0.1, -0.05) is 66.0 Å². The van der Waals surface area contributed by atoms with Gasteiger partial charge in [-0.2, -0.15) is 0 Å². The fourth-order valence-electron chi connectivity index (χ4n) is 8.34. The second-order valence-electron chi connectivity index (χ2n) is 12.5. The molecular weight excluding hydrogens is 352 g/mol. The van der Waals surface area contributed by atoms with E-state index in [0.717, 1.165) is 54.8 Å². The minimum Gasteiger partial charge on any atom is -0.300 e. The van der Waals surface area contributed by atoms with E-state index < -0.39 is 0 Å². The SMILES string of the molecule is CC(C)[C@@H](C)CC[C@@H](C)[C@@H]1CC[C@@H]2C3=CC[C@H]4CC(=O)CC[C@]4(C)[C@H]3CC[C@@]21C. The number of hydrogen-bond donors (Lipinski definition) is 0. The lowest BCUT2D eigenvalue weighted by Gasteiger charge is -2.57. The van der Waals surface area contributed by atoms with Crippen molar-refractivity contribution in [1.29, 1.82) is 0 Å². The maximum Gasteiger partial charge on any atom is 0.133 e. The first-order valence-corrected chi connectivity index (χ1v) is 12.9. The molecule has 0 amide bonds. The predicted octanol–water partition coefficient (Wildman–Crippen LogP) is 7.84. The van der Waals surface area contributed by atoms with Gasteiger partial charge in [0.15, 0.2) is 0 Å². The molecular formula is C28H46O. The van der Waals surface area contributed by atoms with E-state index >= 15 is 0 Å². The van der Waals surface area contributed by atoms with E-state index in [2.05, 4.69) is 47.6 Å². The molecule has 0 unspecified atom stereocenters. The molecule has 0 aromatic heterocycles. The van der Waals surface area contributed by atoms with Gasteiger partial charge < -0.3 is 0 Å². The van der Waals surface area contributed by atoms with E-state index in [-0.39, 0.29) is 0 Å². The zero-order valence-electron chi connectivity index (χ0n) is 20.1. The fourth-order valence-corrected chi connectivity index (χ4v) is 8.34. The summed E-state index contributed by atoms with van der Waals surface area (Å²) in [5.74, 6) is 6.17. The van der Waals surface area contributed by atoms with E-state index in [1.54, 1.807) is 0 Å². The largest absolute Gasteiger partial charge is 0.300 e. The highest BCUT2D eigenvalue weighted by Gasteiger charge is 2.58. The van der Waals surface area contributed by atoms with Crippen LogP contribution in [0, 0.1) is 52.3 Å². The quantitative estimate of drug-likeness (QED) is 0.431. The lowest BCUT2D eigenvalue weighted by atomic mass is 9.47. The molecule has 3 fully saturated rings. The van der Waals surface area contributed by atoms with Gasteiger partial charge in [-0.25, -0.2) is 0 Å². The van der Waals surface area contributed by atoms with Crippen molar-refractivity contribution >= 4 is 5.78 Å². The molecule has 0 aromatic rings. The molecule has 1 heteroatoms. The monoisotopic (exact) mass is 398 g/mol. The van der Waals surface area contributed by atoms with E-state index in [4.69, 9.17) is 0 Å². The summed E-state index contributed by atoms with van der Waals surface area (Å²) in [7, 11) is 0. The number of ketones is 1. The first kappa shape index (κ1) is 21.6. The predicted molar refractivity (Wildman–Crippen MR) is 123 cm³/mol. The van der Waals surface area contributed by atoms with Crippen molar-refractivity contribution in [1.82, 2.24) is 0 Å². The van der Waals surface area contributed by atoms with Crippen molar-refractivity contribution < 1.29 is 4.79 Å². The minimum atomic E-state index is 0.399. The molecule has 0 spiro atoms. The molecule has 0 saturated heterocycles. The molecule has 3 saturated carbocycles. The van der Waals surface area contributed by atoms with Gasteiger partial charge in [0, 0.05) is 12.8 Å². The van der Waals surface area contributed by atoms with Crippen LogP contribution >= 0.6 is 0 Å². The molecule has 0 bridgehead atoms. The summed E-state index contributed by atoms with van der Waals surface area (Å²) >= 11 is 0. The number of carbonyl (C=O) groups is 1. The Kier molecular flexibility index (Phi) is 5.84. The summed E-state index contributed by atoms with van der Waals surface area (Å²) < 4.78 is 0. The second-order valence-corrected chi connectivity index (χ2v) is 12.5. The molecule has 1 nitrogen and oxygen atoms in total. The summed E-state index contributed by atoms with van der Waals surface area (Å²) in [6, 6.07) is 0. The average molecular weight is 399 g/mol. The van der Waals surface area contributed by atoms with Crippen LogP contribution in [0.2, 0.25) is 0 Å². The van der Waals surface area contributed by atoms with Crippen LogP contribution in [0.4, 0.5) is 0 Å². The topological polar surface area (TPSA) is 17.1 Å². The van der Waals surface area contributed by atoms with Crippen molar-refractivity contribution in [2.75, 3.05) is 0 Å². The van der Waals surface area contributed by atoms with Crippen LogP contribution in [-0.4, -0.2) is 5.78 Å². The normalized spacial score (nSPS) is 44.0. The van der Waals surface area contributed by atoms with Crippen LogP contribution in [0.25, 0.3) is 0 Å². The Morgan fingerprint density at radius 2 is 1.69 bits per heavy atom. The van der Waals surface area contributed by atoms with E-state index in [1.807, 2.05) is 5.57 Å². The summed E-state index contributed by atoms with van der Waals surface area (Å²) in [5, 5.41) is 0. The highest BCUT2D eigenvalue weighted by molar-refractivity contribution is 5.79. The van der Waals surface area contributed by atoms with Crippen LogP contribution in [0.1, 0.15) is 106 Å². The number of hydrogen-bond acceptors (Lipinski definition) is 1. The number of rotatable bonds is 5. The van der Waals surface area contributed by atoms with Gasteiger partial charge in [-0.15, -0.1) is 0 Å². The minimum absolute atomic E-state index is 0.399. The Morgan fingerprint density at radius 1 is 0.966 bits per heavy atom. The van der Waals surface area contributed by atoms with Crippen molar-refractivity contribution in [2.24, 2.45) is 52.3 Å². The van der Waals surface area contributed by atoms with E-state index in [1.165, 1.54) is 44.9 Å². The van der Waals surface area contributed by atoms with Crippen LogP contribution in [0.5, 0.6) is 0 Å². The van der Waals surface area contributed by atoms with Gasteiger partial charge in [0.1, 0.15) is 5.78 Å². The molecule has 29 heavy (non-hydrogen) atoms. The van der Waals surface area contributed by atoms with Crippen LogP contribution in [0.15, 0.2) is 11.6 Å². The summed E-state index contributed by atoms with van der Waals surface area (Å²) in [5.41, 5.74) is 2.77. The maximum atomic E-state index is 12.1. The Hall–Kier alpha value is -0.590. The number of carbonyl (C=O) groups excluding carboxylic acids is 1. The molecule has 0 aliphatic heterocycles. The third-order valence-electron chi connectivity index (χ3n) is 10.9. The Labute approximate surface area is 180 Å². The first-order chi connectivity index (χ1) is 13.7. The maximum absolute atomic E-state index is 12.1. The van der Waals surface area contributed by atoms with Gasteiger partial charge in [0.2, 0.25) is 0 Å². The Balaban J connectivity index is 1.50. The van der Waals surface area contributed by atoms with Gasteiger partial charge in [-0.3, -0.25) is 4.79 Å². The van der Waals surface area contributed by atoms with Gasteiger partial charge in [0.25, 0.3) is 0 Å². The molecule has 4 rings (SSSR count). The van der Waals surface area contributed by atoms with Gasteiger partial charge >= 0.3 is 0 Å². The highest BCUT2D eigenvalue weighted by Crippen LogP contribution is 2.66. The molecule has 0 aromatic carbocycles. The fraction of sp³-hybridized carbons (Fsp3) is 0.893. The lowest BCUT2D eigenvalue weighted by molar-refractivity contribution is -0.127. The molecule has 0 heterocycles. The van der Waals surface area contributed by atoms with Crippen molar-refractivity contribution in [3.05, 3.63) is 11.6 Å². The molecule has 0 radical (unpaired) electrons. The molecule has 4 aliphatic rings. The third-order valence-corrected chi connectivity index (χ3v) is 10.9. The first-order valence-electron chi connectivity index (χ1n) is 12.9. The second kappa shape index (κ2) is 7.83. The number of Topliss-reactive ketones (excluding diaryl/α,β-unsaturated/α-hetero) is 1. The molecule has 8 atom stereocenters. The van der Waals surface area contributed by atoms with Crippen molar-refractivity contribution in [3.8, 4) is 0 Å². The van der Waals surface area contributed by atoms with Crippen LogP contribution < -0.4 is 0 Å². The van der Waals surface area contributed by atoms with Crippen molar-refractivity contribution in [3.63, 3.8) is 0 Å². The zero-order valence-corrected chi connectivity index (χ0v) is 20.1. The summed E-state index contributed by atoms with van der Waals surface area (Å²) in [4.78, 5) is 12.1. The van der Waals surface area contributed by atoms with Crippen molar-refractivity contribution in [2.45, 2.75) is 106 Å².